The highest BCUT2D eigenvalue weighted by Crippen LogP contribution is 2.31. The number of benzene rings is 1. The molecule has 2 heterocycles. The summed E-state index contributed by atoms with van der Waals surface area (Å²) in [7, 11) is 0. The predicted molar refractivity (Wildman–Crippen MR) is 71.1 cm³/mol. The van der Waals surface area contributed by atoms with Gasteiger partial charge in [-0.2, -0.15) is 16.3 Å². The molecule has 0 aliphatic rings. The van der Waals surface area contributed by atoms with Crippen molar-refractivity contribution in [2.45, 2.75) is 6.92 Å². The van der Waals surface area contributed by atoms with E-state index in [9.17, 15) is 10.2 Å². The number of nitrogens with zero attached hydrogens (tertiary/aromatic N) is 2. The van der Waals surface area contributed by atoms with Crippen LogP contribution in [0.2, 0.25) is 0 Å². The molecule has 3 rings (SSSR count). The van der Waals surface area contributed by atoms with E-state index in [4.69, 9.17) is 4.52 Å². The third-order valence-corrected chi connectivity index (χ3v) is 3.61. The molecular weight excluding hydrogens is 264 g/mol. The molecular formula is C13H10N2O3S. The zero-order valence-corrected chi connectivity index (χ0v) is 10.8. The summed E-state index contributed by atoms with van der Waals surface area (Å²) in [4.78, 5) is 4.29. The molecule has 2 N–H and O–H groups in total. The molecule has 0 unspecified atom stereocenters. The van der Waals surface area contributed by atoms with Crippen LogP contribution in [0, 0.1) is 6.92 Å². The van der Waals surface area contributed by atoms with E-state index >= 15 is 0 Å². The molecule has 0 aliphatic carbocycles. The van der Waals surface area contributed by atoms with Crippen LogP contribution in [0.5, 0.6) is 11.5 Å². The van der Waals surface area contributed by atoms with Gasteiger partial charge in [-0.1, -0.05) is 5.16 Å². The minimum absolute atomic E-state index is 0.183. The minimum atomic E-state index is -0.219. The molecule has 0 spiro atoms. The Morgan fingerprint density at radius 3 is 2.68 bits per heavy atom. The second-order valence-electron chi connectivity index (χ2n) is 4.10. The van der Waals surface area contributed by atoms with Gasteiger partial charge in [0.15, 0.2) is 11.5 Å². The monoisotopic (exact) mass is 274 g/mol. The molecule has 19 heavy (non-hydrogen) atoms. The molecule has 0 atom stereocenters. The molecule has 0 saturated heterocycles. The van der Waals surface area contributed by atoms with Gasteiger partial charge in [0.1, 0.15) is 0 Å². The standard InChI is InChI=1S/C13H10N2O3S/c1-7-5-19-6-9(7)12-14-13(18-15-12)8-2-3-10(16)11(17)4-8/h2-6,16-17H,1H3. The maximum Gasteiger partial charge on any atom is 0.258 e. The topological polar surface area (TPSA) is 79.4 Å². The Kier molecular flexibility index (Phi) is 2.72. The number of rotatable bonds is 2. The Hall–Kier alpha value is -2.34. The molecule has 0 amide bonds. The van der Waals surface area contributed by atoms with Gasteiger partial charge in [0.2, 0.25) is 5.82 Å². The van der Waals surface area contributed by atoms with Crippen molar-refractivity contribution in [1.29, 1.82) is 0 Å². The normalized spacial score (nSPS) is 10.8. The zero-order chi connectivity index (χ0) is 13.4. The number of aromatic nitrogens is 2. The average Bonchev–Trinajstić information content (AvgIpc) is 3.01. The van der Waals surface area contributed by atoms with Crippen LogP contribution in [0.3, 0.4) is 0 Å². The van der Waals surface area contributed by atoms with Gasteiger partial charge in [-0.25, -0.2) is 0 Å². The summed E-state index contributed by atoms with van der Waals surface area (Å²) < 4.78 is 5.18. The largest absolute Gasteiger partial charge is 0.504 e. The zero-order valence-electron chi connectivity index (χ0n) is 9.99. The van der Waals surface area contributed by atoms with Crippen molar-refractivity contribution in [3.63, 3.8) is 0 Å². The third kappa shape index (κ3) is 2.06. The SMILES string of the molecule is Cc1cscc1-c1noc(-c2ccc(O)c(O)c2)n1. The van der Waals surface area contributed by atoms with Crippen LogP contribution in [0.25, 0.3) is 22.8 Å². The summed E-state index contributed by atoms with van der Waals surface area (Å²) in [6.07, 6.45) is 0. The van der Waals surface area contributed by atoms with Crippen LogP contribution < -0.4 is 0 Å². The summed E-state index contributed by atoms with van der Waals surface area (Å²) >= 11 is 1.58. The van der Waals surface area contributed by atoms with E-state index in [1.54, 1.807) is 17.4 Å². The fourth-order valence-electron chi connectivity index (χ4n) is 1.70. The molecule has 3 aromatic rings. The highest BCUT2D eigenvalue weighted by Gasteiger charge is 2.14. The second-order valence-corrected chi connectivity index (χ2v) is 4.84. The van der Waals surface area contributed by atoms with E-state index in [0.717, 1.165) is 11.1 Å². The molecule has 0 saturated carbocycles. The fraction of sp³-hybridized carbons (Fsp3) is 0.0769. The highest BCUT2D eigenvalue weighted by atomic mass is 32.1. The Morgan fingerprint density at radius 1 is 1.16 bits per heavy atom. The van der Waals surface area contributed by atoms with Crippen molar-refractivity contribution in [2.75, 3.05) is 0 Å². The molecule has 0 bridgehead atoms. The highest BCUT2D eigenvalue weighted by molar-refractivity contribution is 7.08. The number of phenolic OH excluding ortho intramolecular Hbond substituents is 2. The van der Waals surface area contributed by atoms with Crippen molar-refractivity contribution in [1.82, 2.24) is 10.1 Å². The summed E-state index contributed by atoms with van der Waals surface area (Å²) in [6.45, 7) is 1.98. The van der Waals surface area contributed by atoms with Crippen molar-refractivity contribution in [2.24, 2.45) is 0 Å². The van der Waals surface area contributed by atoms with Gasteiger partial charge in [-0.15, -0.1) is 0 Å². The summed E-state index contributed by atoms with van der Waals surface area (Å²) in [5, 5.41) is 26.6. The molecule has 0 fully saturated rings. The second kappa shape index (κ2) is 4.40. The minimum Gasteiger partial charge on any atom is -0.504 e. The van der Waals surface area contributed by atoms with Gasteiger partial charge in [-0.05, 0) is 36.1 Å². The number of aromatic hydroxyl groups is 2. The van der Waals surface area contributed by atoms with Crippen molar-refractivity contribution < 1.29 is 14.7 Å². The van der Waals surface area contributed by atoms with E-state index in [-0.39, 0.29) is 11.5 Å². The number of phenols is 2. The quantitative estimate of drug-likeness (QED) is 0.701. The molecule has 96 valence electrons. The summed E-state index contributed by atoms with van der Waals surface area (Å²) in [5.41, 5.74) is 2.58. The molecule has 1 aromatic carbocycles. The van der Waals surface area contributed by atoms with Crippen LogP contribution in [-0.4, -0.2) is 20.4 Å². The summed E-state index contributed by atoms with van der Waals surface area (Å²) in [6, 6.07) is 4.37. The first-order valence-corrected chi connectivity index (χ1v) is 6.48. The van der Waals surface area contributed by atoms with E-state index in [2.05, 4.69) is 10.1 Å². The molecule has 5 nitrogen and oxygen atoms in total. The maximum atomic E-state index is 9.46. The lowest BCUT2D eigenvalue weighted by Crippen LogP contribution is -1.81. The molecule has 0 radical (unpaired) electrons. The van der Waals surface area contributed by atoms with E-state index in [1.165, 1.54) is 12.1 Å². The summed E-state index contributed by atoms with van der Waals surface area (Å²) in [5.74, 6) is 0.415. The van der Waals surface area contributed by atoms with Crippen LogP contribution in [0.4, 0.5) is 0 Å². The fourth-order valence-corrected chi connectivity index (χ4v) is 2.52. The number of thiophene rings is 1. The maximum absolute atomic E-state index is 9.46. The van der Waals surface area contributed by atoms with Crippen molar-refractivity contribution in [3.05, 3.63) is 34.5 Å². The van der Waals surface area contributed by atoms with Gasteiger partial charge in [0, 0.05) is 16.5 Å². The third-order valence-electron chi connectivity index (χ3n) is 2.74. The Bertz CT molecular complexity index is 733. The van der Waals surface area contributed by atoms with Crippen LogP contribution in [0.15, 0.2) is 33.5 Å². The van der Waals surface area contributed by atoms with Crippen LogP contribution >= 0.6 is 11.3 Å². The molecule has 2 aromatic heterocycles. The number of hydrogen-bond acceptors (Lipinski definition) is 6. The van der Waals surface area contributed by atoms with Crippen molar-refractivity contribution >= 4 is 11.3 Å². The lowest BCUT2D eigenvalue weighted by molar-refractivity contribution is 0.402. The van der Waals surface area contributed by atoms with Gasteiger partial charge in [0.05, 0.1) is 0 Å². The van der Waals surface area contributed by atoms with E-state index in [1.807, 2.05) is 17.7 Å². The first-order valence-electron chi connectivity index (χ1n) is 5.54. The number of aryl methyl sites for hydroxylation is 1. The lowest BCUT2D eigenvalue weighted by Gasteiger charge is -1.98. The van der Waals surface area contributed by atoms with E-state index in [0.29, 0.717) is 17.3 Å². The first kappa shape index (κ1) is 11.7. The average molecular weight is 274 g/mol. The van der Waals surface area contributed by atoms with Crippen molar-refractivity contribution in [3.8, 4) is 34.3 Å². The van der Waals surface area contributed by atoms with Gasteiger partial charge >= 0.3 is 0 Å². The first-order chi connectivity index (χ1) is 9.15. The van der Waals surface area contributed by atoms with Crippen LogP contribution in [0.1, 0.15) is 5.56 Å². The predicted octanol–water partition coefficient (Wildman–Crippen LogP) is 3.18. The van der Waals surface area contributed by atoms with Gasteiger partial charge in [-0.3, -0.25) is 0 Å². The Labute approximate surface area is 112 Å². The molecule has 0 aliphatic heterocycles. The Balaban J connectivity index is 2.01. The molecule has 6 heteroatoms. The Morgan fingerprint density at radius 2 is 2.00 bits per heavy atom. The van der Waals surface area contributed by atoms with Gasteiger partial charge < -0.3 is 14.7 Å². The van der Waals surface area contributed by atoms with Crippen LogP contribution in [-0.2, 0) is 0 Å². The number of hydrogen-bond donors (Lipinski definition) is 2. The van der Waals surface area contributed by atoms with E-state index < -0.39 is 0 Å². The smallest absolute Gasteiger partial charge is 0.258 e. The lowest BCUT2D eigenvalue weighted by atomic mass is 10.2. The van der Waals surface area contributed by atoms with Gasteiger partial charge in [0.25, 0.3) is 5.89 Å².